The zero-order valence-electron chi connectivity index (χ0n) is 9.61. The third-order valence-electron chi connectivity index (χ3n) is 3.24. The number of anilines is 1. The number of H-pyrrole nitrogens is 1. The molecular weight excluding hydrogens is 255 g/mol. The van der Waals surface area contributed by atoms with E-state index in [-0.39, 0.29) is 11.9 Å². The molecule has 3 rings (SSSR count). The molecule has 0 saturated carbocycles. The van der Waals surface area contributed by atoms with E-state index in [1.807, 2.05) is 6.07 Å². The van der Waals surface area contributed by atoms with Gasteiger partial charge in [0.1, 0.15) is 16.8 Å². The summed E-state index contributed by atoms with van der Waals surface area (Å²) in [6.07, 6.45) is 4.82. The average Bonchev–Trinajstić information content (AvgIpc) is 3.00. The minimum absolute atomic E-state index is 0.0566. The normalized spacial score (nSPS) is 19.4. The molecule has 1 unspecified atom stereocenters. The highest BCUT2D eigenvalue weighted by molar-refractivity contribution is 6.30. The Bertz CT molecular complexity index is 543. The van der Waals surface area contributed by atoms with Gasteiger partial charge in [0, 0.05) is 18.2 Å². The van der Waals surface area contributed by atoms with Crippen molar-refractivity contribution in [1.82, 2.24) is 15.2 Å². The molecule has 2 aromatic rings. The first-order valence-corrected chi connectivity index (χ1v) is 6.20. The smallest absolute Gasteiger partial charge is 0.141 e. The van der Waals surface area contributed by atoms with Gasteiger partial charge in [0.05, 0.1) is 18.4 Å². The predicted octanol–water partition coefficient (Wildman–Crippen LogP) is 2.94. The summed E-state index contributed by atoms with van der Waals surface area (Å²) >= 11 is 6.07. The van der Waals surface area contributed by atoms with Crippen molar-refractivity contribution >= 4 is 17.4 Å². The van der Waals surface area contributed by atoms with Crippen molar-refractivity contribution in [1.29, 1.82) is 0 Å². The van der Waals surface area contributed by atoms with Crippen LogP contribution in [0.3, 0.4) is 0 Å². The van der Waals surface area contributed by atoms with Gasteiger partial charge >= 0.3 is 0 Å². The summed E-state index contributed by atoms with van der Waals surface area (Å²) in [6, 6.07) is 3.43. The number of aromatic amines is 1. The van der Waals surface area contributed by atoms with Gasteiger partial charge in [0.15, 0.2) is 0 Å². The van der Waals surface area contributed by atoms with Crippen LogP contribution in [0.15, 0.2) is 24.5 Å². The van der Waals surface area contributed by atoms with E-state index in [9.17, 15) is 4.39 Å². The van der Waals surface area contributed by atoms with Crippen molar-refractivity contribution in [3.05, 3.63) is 41.1 Å². The molecule has 1 aliphatic heterocycles. The summed E-state index contributed by atoms with van der Waals surface area (Å²) in [6.45, 7) is 0.902. The number of hydrogen-bond donors (Lipinski definition) is 1. The van der Waals surface area contributed by atoms with Gasteiger partial charge in [-0.1, -0.05) is 11.6 Å². The monoisotopic (exact) mass is 266 g/mol. The first-order valence-electron chi connectivity index (χ1n) is 5.82. The number of halogens is 2. The maximum absolute atomic E-state index is 13.3. The van der Waals surface area contributed by atoms with E-state index < -0.39 is 0 Å². The zero-order valence-corrected chi connectivity index (χ0v) is 10.4. The molecule has 0 aliphatic carbocycles. The third-order valence-corrected chi connectivity index (χ3v) is 3.56. The van der Waals surface area contributed by atoms with Gasteiger partial charge < -0.3 is 4.90 Å². The minimum atomic E-state index is -0.356. The third kappa shape index (κ3) is 1.95. The molecule has 1 atom stereocenters. The summed E-state index contributed by atoms with van der Waals surface area (Å²) in [5.41, 5.74) is 0.740. The van der Waals surface area contributed by atoms with Crippen LogP contribution in [0, 0.1) is 5.82 Å². The fourth-order valence-electron chi connectivity index (χ4n) is 2.46. The summed E-state index contributed by atoms with van der Waals surface area (Å²) in [4.78, 5) is 6.03. The SMILES string of the molecule is Fc1cnc(Cl)c(C2CCCN2c2ccn[nH]2)c1. The molecule has 0 radical (unpaired) electrons. The highest BCUT2D eigenvalue weighted by atomic mass is 35.5. The highest BCUT2D eigenvalue weighted by Crippen LogP contribution is 2.37. The lowest BCUT2D eigenvalue weighted by atomic mass is 10.1. The number of rotatable bonds is 2. The quantitative estimate of drug-likeness (QED) is 0.850. The van der Waals surface area contributed by atoms with Gasteiger partial charge in [-0.05, 0) is 18.9 Å². The van der Waals surface area contributed by atoms with E-state index in [0.29, 0.717) is 5.15 Å². The molecule has 0 amide bonds. The van der Waals surface area contributed by atoms with E-state index in [0.717, 1.165) is 37.0 Å². The lowest BCUT2D eigenvalue weighted by molar-refractivity contribution is 0.610. The van der Waals surface area contributed by atoms with E-state index in [4.69, 9.17) is 11.6 Å². The Hall–Kier alpha value is -1.62. The first kappa shape index (κ1) is 11.5. The van der Waals surface area contributed by atoms with Crippen LogP contribution in [0.1, 0.15) is 24.4 Å². The molecular formula is C12H12ClFN4. The van der Waals surface area contributed by atoms with Gasteiger partial charge in [-0.25, -0.2) is 9.37 Å². The minimum Gasteiger partial charge on any atom is -0.350 e. The molecule has 0 spiro atoms. The second kappa shape index (κ2) is 4.57. The summed E-state index contributed by atoms with van der Waals surface area (Å²) in [7, 11) is 0. The number of nitrogens with one attached hydrogen (secondary N) is 1. The van der Waals surface area contributed by atoms with Gasteiger partial charge in [-0.2, -0.15) is 5.10 Å². The molecule has 18 heavy (non-hydrogen) atoms. The van der Waals surface area contributed by atoms with Crippen LogP contribution < -0.4 is 4.90 Å². The summed E-state index contributed by atoms with van der Waals surface area (Å²) in [5.74, 6) is 0.573. The molecule has 94 valence electrons. The fraction of sp³-hybridized carbons (Fsp3) is 0.333. The van der Waals surface area contributed by atoms with Crippen molar-refractivity contribution in [2.45, 2.75) is 18.9 Å². The molecule has 0 bridgehead atoms. The van der Waals surface area contributed by atoms with Crippen molar-refractivity contribution in [3.63, 3.8) is 0 Å². The lowest BCUT2D eigenvalue weighted by Gasteiger charge is -2.25. The predicted molar refractivity (Wildman–Crippen MR) is 67.1 cm³/mol. The van der Waals surface area contributed by atoms with Crippen molar-refractivity contribution < 1.29 is 4.39 Å². The van der Waals surface area contributed by atoms with Crippen LogP contribution in [0.25, 0.3) is 0 Å². The topological polar surface area (TPSA) is 44.8 Å². The highest BCUT2D eigenvalue weighted by Gasteiger charge is 2.29. The number of aromatic nitrogens is 3. The Kier molecular flexibility index (Phi) is 2.91. The average molecular weight is 267 g/mol. The Morgan fingerprint density at radius 1 is 1.50 bits per heavy atom. The van der Waals surface area contributed by atoms with Gasteiger partial charge in [-0.3, -0.25) is 5.10 Å². The molecule has 1 saturated heterocycles. The molecule has 4 nitrogen and oxygen atoms in total. The van der Waals surface area contributed by atoms with Crippen LogP contribution >= 0.6 is 11.6 Å². The Morgan fingerprint density at radius 2 is 2.39 bits per heavy atom. The molecule has 1 N–H and O–H groups in total. The molecule has 0 aromatic carbocycles. The van der Waals surface area contributed by atoms with Gasteiger partial charge in [0.2, 0.25) is 0 Å². The number of nitrogens with zero attached hydrogens (tertiary/aromatic N) is 3. The Labute approximate surface area is 109 Å². The lowest BCUT2D eigenvalue weighted by Crippen LogP contribution is -2.23. The van der Waals surface area contributed by atoms with Crippen LogP contribution in [0.5, 0.6) is 0 Å². The Balaban J connectivity index is 1.97. The van der Waals surface area contributed by atoms with E-state index in [1.54, 1.807) is 6.20 Å². The Morgan fingerprint density at radius 3 is 3.17 bits per heavy atom. The van der Waals surface area contributed by atoms with Crippen molar-refractivity contribution in [2.75, 3.05) is 11.4 Å². The summed E-state index contributed by atoms with van der Waals surface area (Å²) < 4.78 is 13.3. The fourth-order valence-corrected chi connectivity index (χ4v) is 2.69. The molecule has 6 heteroatoms. The maximum Gasteiger partial charge on any atom is 0.141 e. The number of hydrogen-bond acceptors (Lipinski definition) is 3. The van der Waals surface area contributed by atoms with Crippen molar-refractivity contribution in [2.24, 2.45) is 0 Å². The van der Waals surface area contributed by atoms with Crippen molar-refractivity contribution in [3.8, 4) is 0 Å². The maximum atomic E-state index is 13.3. The first-order chi connectivity index (χ1) is 8.75. The standard InChI is InChI=1S/C12H12ClFN4/c13-12-9(6-8(14)7-15-12)10-2-1-5-18(10)11-3-4-16-17-11/h3-4,6-7,10H,1-2,5H2,(H,16,17). The van der Waals surface area contributed by atoms with Crippen LogP contribution in [-0.4, -0.2) is 21.7 Å². The van der Waals surface area contributed by atoms with Crippen LogP contribution in [0.4, 0.5) is 10.2 Å². The van der Waals surface area contributed by atoms with E-state index >= 15 is 0 Å². The van der Waals surface area contributed by atoms with E-state index in [2.05, 4.69) is 20.1 Å². The van der Waals surface area contributed by atoms with Crippen LogP contribution in [0.2, 0.25) is 5.15 Å². The molecule has 2 aromatic heterocycles. The van der Waals surface area contributed by atoms with E-state index in [1.165, 1.54) is 6.07 Å². The zero-order chi connectivity index (χ0) is 12.5. The van der Waals surface area contributed by atoms with Gasteiger partial charge in [-0.15, -0.1) is 0 Å². The molecule has 3 heterocycles. The molecule has 1 aliphatic rings. The summed E-state index contributed by atoms with van der Waals surface area (Å²) in [5, 5.41) is 7.25. The second-order valence-corrected chi connectivity index (χ2v) is 4.68. The molecule has 1 fully saturated rings. The number of pyridine rings is 1. The van der Waals surface area contributed by atoms with Crippen LogP contribution in [-0.2, 0) is 0 Å². The van der Waals surface area contributed by atoms with Gasteiger partial charge in [0.25, 0.3) is 0 Å². The second-order valence-electron chi connectivity index (χ2n) is 4.33. The largest absolute Gasteiger partial charge is 0.350 e.